The van der Waals surface area contributed by atoms with E-state index in [1.165, 1.54) is 11.9 Å². The molecule has 2 heterocycles. The second-order valence-electron chi connectivity index (χ2n) is 4.80. The molecule has 0 bridgehead atoms. The molecule has 0 atom stereocenters. The van der Waals surface area contributed by atoms with Crippen molar-refractivity contribution in [2.24, 2.45) is 0 Å². The van der Waals surface area contributed by atoms with Crippen molar-refractivity contribution in [3.63, 3.8) is 0 Å². The Labute approximate surface area is 122 Å². The van der Waals surface area contributed by atoms with E-state index < -0.39 is 0 Å². The zero-order valence-electron chi connectivity index (χ0n) is 11.5. The van der Waals surface area contributed by atoms with Gasteiger partial charge in [-0.2, -0.15) is 0 Å². The predicted octanol–water partition coefficient (Wildman–Crippen LogP) is 0.312. The molecule has 0 spiro atoms. The summed E-state index contributed by atoms with van der Waals surface area (Å²) >= 11 is 0. The molecule has 0 radical (unpaired) electrons. The lowest BCUT2D eigenvalue weighted by Gasteiger charge is -2.14. The lowest BCUT2D eigenvalue weighted by atomic mass is 10.1. The van der Waals surface area contributed by atoms with Crippen LogP contribution in [0.15, 0.2) is 42.2 Å². The molecule has 1 amide bonds. The smallest absolute Gasteiger partial charge is 0.251 e. The van der Waals surface area contributed by atoms with Gasteiger partial charge in [0.1, 0.15) is 6.33 Å². The minimum Gasteiger partial charge on any atom is -0.348 e. The van der Waals surface area contributed by atoms with Crippen molar-refractivity contribution >= 4 is 5.91 Å². The number of hydrogen-bond donors (Lipinski definition) is 2. The Morgan fingerprint density at radius 2 is 2.19 bits per heavy atom. The number of aromatic nitrogens is 4. The molecule has 1 aliphatic heterocycles. The van der Waals surface area contributed by atoms with Crippen LogP contribution in [0, 0.1) is 0 Å². The summed E-state index contributed by atoms with van der Waals surface area (Å²) < 4.78 is 1.54. The maximum atomic E-state index is 12.1. The van der Waals surface area contributed by atoms with Gasteiger partial charge in [-0.3, -0.25) is 4.79 Å². The first-order chi connectivity index (χ1) is 10.3. The highest BCUT2D eigenvalue weighted by molar-refractivity contribution is 5.94. The number of carbonyl (C=O) groups is 1. The molecule has 7 nitrogen and oxygen atoms in total. The molecule has 1 aliphatic rings. The molecule has 1 aromatic heterocycles. The highest BCUT2D eigenvalue weighted by atomic mass is 16.1. The lowest BCUT2D eigenvalue weighted by Crippen LogP contribution is -2.29. The number of amides is 1. The summed E-state index contributed by atoms with van der Waals surface area (Å²) in [5, 5.41) is 17.1. The molecule has 7 heteroatoms. The summed E-state index contributed by atoms with van der Waals surface area (Å²) in [5.41, 5.74) is 2.71. The lowest BCUT2D eigenvalue weighted by molar-refractivity contribution is 0.0956. The maximum Gasteiger partial charge on any atom is 0.251 e. The Kier molecular flexibility index (Phi) is 4.02. The number of benzene rings is 1. The summed E-state index contributed by atoms with van der Waals surface area (Å²) in [6.45, 7) is 2.46. The minimum absolute atomic E-state index is 0.0716. The number of nitrogens with one attached hydrogen (secondary N) is 2. The van der Waals surface area contributed by atoms with Crippen LogP contribution in [0.2, 0.25) is 0 Å². The third-order valence-corrected chi connectivity index (χ3v) is 3.38. The summed E-state index contributed by atoms with van der Waals surface area (Å²) in [4.78, 5) is 12.1. The van der Waals surface area contributed by atoms with Gasteiger partial charge in [-0.05, 0) is 47.7 Å². The quantitative estimate of drug-likeness (QED) is 0.789. The number of carbonyl (C=O) groups excluding carboxylic acids is 1. The molecule has 3 rings (SSSR count). The highest BCUT2D eigenvalue weighted by Gasteiger charge is 2.08. The zero-order valence-corrected chi connectivity index (χ0v) is 11.5. The SMILES string of the molecule is O=C(NCC1=CCNCC1)c1ccc(-n2cnnn2)cc1. The van der Waals surface area contributed by atoms with Gasteiger partial charge in [0.25, 0.3) is 5.91 Å². The standard InChI is InChI=1S/C14H16N6O/c21-14(16-9-11-5-7-15-8-6-11)12-1-3-13(4-2-12)20-10-17-18-19-20/h1-5,10,15H,6-9H2,(H,16,21). The zero-order chi connectivity index (χ0) is 14.5. The number of rotatable bonds is 4. The van der Waals surface area contributed by atoms with E-state index in [9.17, 15) is 4.79 Å². The van der Waals surface area contributed by atoms with Crippen LogP contribution in [0.4, 0.5) is 0 Å². The Balaban J connectivity index is 1.61. The van der Waals surface area contributed by atoms with E-state index in [0.717, 1.165) is 25.2 Å². The second-order valence-corrected chi connectivity index (χ2v) is 4.80. The Morgan fingerprint density at radius 1 is 1.33 bits per heavy atom. The molecular weight excluding hydrogens is 268 g/mol. The molecule has 0 saturated carbocycles. The first-order valence-corrected chi connectivity index (χ1v) is 6.83. The molecular formula is C14H16N6O. The molecule has 0 fully saturated rings. The van der Waals surface area contributed by atoms with Crippen molar-refractivity contribution in [2.45, 2.75) is 6.42 Å². The maximum absolute atomic E-state index is 12.1. The fourth-order valence-electron chi connectivity index (χ4n) is 2.17. The van der Waals surface area contributed by atoms with Crippen LogP contribution >= 0.6 is 0 Å². The summed E-state index contributed by atoms with van der Waals surface area (Å²) in [7, 11) is 0. The van der Waals surface area contributed by atoms with E-state index in [-0.39, 0.29) is 5.91 Å². The number of hydrogen-bond acceptors (Lipinski definition) is 5. The van der Waals surface area contributed by atoms with Crippen molar-refractivity contribution < 1.29 is 4.79 Å². The molecule has 2 N–H and O–H groups in total. The molecule has 108 valence electrons. The van der Waals surface area contributed by atoms with Gasteiger partial charge in [0.05, 0.1) is 5.69 Å². The molecule has 21 heavy (non-hydrogen) atoms. The molecule has 1 aromatic carbocycles. The molecule has 0 saturated heterocycles. The fraction of sp³-hybridized carbons (Fsp3) is 0.286. The van der Waals surface area contributed by atoms with Crippen LogP contribution in [-0.2, 0) is 0 Å². The Bertz CT molecular complexity index is 632. The van der Waals surface area contributed by atoms with E-state index in [1.54, 1.807) is 16.8 Å². The van der Waals surface area contributed by atoms with Crippen LogP contribution in [0.1, 0.15) is 16.8 Å². The van der Waals surface area contributed by atoms with Gasteiger partial charge in [-0.1, -0.05) is 11.6 Å². The van der Waals surface area contributed by atoms with Gasteiger partial charge in [0, 0.05) is 18.7 Å². The highest BCUT2D eigenvalue weighted by Crippen LogP contribution is 2.08. The van der Waals surface area contributed by atoms with E-state index >= 15 is 0 Å². The third-order valence-electron chi connectivity index (χ3n) is 3.38. The van der Waals surface area contributed by atoms with Crippen LogP contribution in [0.3, 0.4) is 0 Å². The second kappa shape index (κ2) is 6.27. The summed E-state index contributed by atoms with van der Waals surface area (Å²) in [6, 6.07) is 7.16. The van der Waals surface area contributed by atoms with Crippen LogP contribution < -0.4 is 10.6 Å². The van der Waals surface area contributed by atoms with E-state index in [4.69, 9.17) is 0 Å². The van der Waals surface area contributed by atoms with E-state index in [1.807, 2.05) is 12.1 Å². The van der Waals surface area contributed by atoms with Crippen molar-refractivity contribution in [1.82, 2.24) is 30.8 Å². The molecule has 0 unspecified atom stereocenters. The molecule has 0 aliphatic carbocycles. The average molecular weight is 284 g/mol. The average Bonchev–Trinajstić information content (AvgIpc) is 3.08. The predicted molar refractivity (Wildman–Crippen MR) is 77.1 cm³/mol. The number of tetrazole rings is 1. The van der Waals surface area contributed by atoms with Crippen molar-refractivity contribution in [1.29, 1.82) is 0 Å². The van der Waals surface area contributed by atoms with Gasteiger partial charge in [-0.25, -0.2) is 4.68 Å². The Hall–Kier alpha value is -2.54. The normalized spacial score (nSPS) is 14.6. The van der Waals surface area contributed by atoms with E-state index in [2.05, 4.69) is 32.2 Å². The van der Waals surface area contributed by atoms with E-state index in [0.29, 0.717) is 12.1 Å². The van der Waals surface area contributed by atoms with Gasteiger partial charge in [0.15, 0.2) is 0 Å². The topological polar surface area (TPSA) is 84.7 Å². The monoisotopic (exact) mass is 284 g/mol. The van der Waals surface area contributed by atoms with Gasteiger partial charge in [-0.15, -0.1) is 5.10 Å². The summed E-state index contributed by atoms with van der Waals surface area (Å²) in [6.07, 6.45) is 4.63. The van der Waals surface area contributed by atoms with Crippen LogP contribution in [0.25, 0.3) is 5.69 Å². The fourth-order valence-corrected chi connectivity index (χ4v) is 2.17. The van der Waals surface area contributed by atoms with Gasteiger partial charge >= 0.3 is 0 Å². The summed E-state index contributed by atoms with van der Waals surface area (Å²) in [5.74, 6) is -0.0716. The largest absolute Gasteiger partial charge is 0.348 e. The van der Waals surface area contributed by atoms with Crippen molar-refractivity contribution in [2.75, 3.05) is 19.6 Å². The van der Waals surface area contributed by atoms with Crippen molar-refractivity contribution in [3.8, 4) is 5.69 Å². The van der Waals surface area contributed by atoms with Gasteiger partial charge in [0.2, 0.25) is 0 Å². The van der Waals surface area contributed by atoms with Crippen LogP contribution in [0.5, 0.6) is 0 Å². The first kappa shape index (κ1) is 13.4. The first-order valence-electron chi connectivity index (χ1n) is 6.83. The van der Waals surface area contributed by atoms with Gasteiger partial charge < -0.3 is 10.6 Å². The number of nitrogens with zero attached hydrogens (tertiary/aromatic N) is 4. The van der Waals surface area contributed by atoms with Crippen LogP contribution in [-0.4, -0.2) is 45.7 Å². The van der Waals surface area contributed by atoms with Crippen molar-refractivity contribution in [3.05, 3.63) is 47.8 Å². The third kappa shape index (κ3) is 3.32. The minimum atomic E-state index is -0.0716. The Morgan fingerprint density at radius 3 is 2.86 bits per heavy atom. The molecule has 2 aromatic rings.